The summed E-state index contributed by atoms with van der Waals surface area (Å²) < 4.78 is 5.37. The molecule has 2 aromatic carbocycles. The van der Waals surface area contributed by atoms with E-state index in [1.165, 1.54) is 27.8 Å². The fourth-order valence-corrected chi connectivity index (χ4v) is 3.29. The molecule has 112 valence electrons. The zero-order chi connectivity index (χ0) is 14.9. The molecule has 0 aromatic heterocycles. The first-order chi connectivity index (χ1) is 10.8. The van der Waals surface area contributed by atoms with E-state index in [-0.39, 0.29) is 0 Å². The summed E-state index contributed by atoms with van der Waals surface area (Å²) in [5.74, 6) is 0. The van der Waals surface area contributed by atoms with E-state index in [0.29, 0.717) is 0 Å². The molecule has 1 fully saturated rings. The van der Waals surface area contributed by atoms with Crippen LogP contribution in [0.2, 0.25) is 0 Å². The zero-order valence-electron chi connectivity index (χ0n) is 12.9. The molecule has 1 saturated heterocycles. The van der Waals surface area contributed by atoms with E-state index < -0.39 is 0 Å². The average molecular weight is 292 g/mol. The van der Waals surface area contributed by atoms with E-state index in [1.54, 1.807) is 0 Å². The van der Waals surface area contributed by atoms with E-state index in [4.69, 9.17) is 9.84 Å². The van der Waals surface area contributed by atoms with Crippen LogP contribution in [0.25, 0.3) is 11.1 Å². The van der Waals surface area contributed by atoms with Crippen molar-refractivity contribution in [1.29, 1.82) is 0 Å². The van der Waals surface area contributed by atoms with Crippen LogP contribution in [0.4, 0.5) is 0 Å². The van der Waals surface area contributed by atoms with Crippen molar-refractivity contribution < 1.29 is 4.74 Å². The van der Waals surface area contributed by atoms with Gasteiger partial charge in [0, 0.05) is 0 Å². The highest BCUT2D eigenvalue weighted by Gasteiger charge is 2.18. The van der Waals surface area contributed by atoms with E-state index in [9.17, 15) is 0 Å². The number of fused-ring (bicyclic) bond motifs is 3. The smallest absolute Gasteiger partial charge is 0.0659 e. The Morgan fingerprint density at radius 1 is 1.00 bits per heavy atom. The van der Waals surface area contributed by atoms with Crippen LogP contribution in [0.3, 0.4) is 0 Å². The molecule has 3 heteroatoms. The third kappa shape index (κ3) is 2.42. The molecule has 0 atom stereocenters. The average Bonchev–Trinajstić information content (AvgIpc) is 2.93. The molecule has 2 aromatic rings. The molecule has 0 radical (unpaired) electrons. The SMILES string of the molecule is C/C(=N/N1CCOCC1)c1ccc2c(c1)Cc1ccccc1-2. The lowest BCUT2D eigenvalue weighted by Gasteiger charge is -2.24. The molecule has 4 rings (SSSR count). The number of hydrogen-bond donors (Lipinski definition) is 0. The lowest BCUT2D eigenvalue weighted by atomic mass is 10.0. The van der Waals surface area contributed by atoms with Crippen molar-refractivity contribution in [3.8, 4) is 11.1 Å². The minimum absolute atomic E-state index is 0.774. The second-order valence-electron chi connectivity index (χ2n) is 5.96. The summed E-state index contributed by atoms with van der Waals surface area (Å²) in [6.07, 6.45) is 1.03. The Labute approximate surface area is 131 Å². The molecule has 2 aliphatic rings. The first-order valence-electron chi connectivity index (χ1n) is 7.91. The summed E-state index contributed by atoms with van der Waals surface area (Å²) in [6, 6.07) is 15.4. The Hall–Kier alpha value is -2.13. The first-order valence-corrected chi connectivity index (χ1v) is 7.91. The van der Waals surface area contributed by atoms with Crippen molar-refractivity contribution in [3.63, 3.8) is 0 Å². The predicted octanol–water partition coefficient (Wildman–Crippen LogP) is 3.31. The zero-order valence-corrected chi connectivity index (χ0v) is 12.9. The van der Waals surface area contributed by atoms with Gasteiger partial charge in [0.2, 0.25) is 0 Å². The fraction of sp³-hybridized carbons (Fsp3) is 0.316. The lowest BCUT2D eigenvalue weighted by Crippen LogP contribution is -2.33. The number of ether oxygens (including phenoxy) is 1. The van der Waals surface area contributed by atoms with E-state index in [1.807, 2.05) is 0 Å². The third-order valence-corrected chi connectivity index (χ3v) is 4.49. The van der Waals surface area contributed by atoms with Crippen LogP contribution in [0.5, 0.6) is 0 Å². The molecule has 1 heterocycles. The third-order valence-electron chi connectivity index (χ3n) is 4.49. The van der Waals surface area contributed by atoms with Gasteiger partial charge in [-0.3, -0.25) is 5.01 Å². The maximum Gasteiger partial charge on any atom is 0.0659 e. The Balaban J connectivity index is 1.62. The van der Waals surface area contributed by atoms with Gasteiger partial charge in [0.05, 0.1) is 32.0 Å². The molecule has 1 aliphatic carbocycles. The summed E-state index contributed by atoms with van der Waals surface area (Å²) in [5.41, 5.74) is 7.90. The van der Waals surface area contributed by atoms with Crippen LogP contribution in [0, 0.1) is 0 Å². The standard InChI is InChI=1S/C19H20N2O/c1-14(20-21-8-10-22-11-9-21)15-6-7-19-17(12-15)13-16-4-2-3-5-18(16)19/h2-7,12H,8-11,13H2,1H3/b20-14-. The fourth-order valence-electron chi connectivity index (χ4n) is 3.29. The number of morpholine rings is 1. The molecular weight excluding hydrogens is 272 g/mol. The van der Waals surface area contributed by atoms with Crippen molar-refractivity contribution >= 4 is 5.71 Å². The minimum Gasteiger partial charge on any atom is -0.378 e. The van der Waals surface area contributed by atoms with Gasteiger partial charge >= 0.3 is 0 Å². The Morgan fingerprint density at radius 2 is 1.77 bits per heavy atom. The van der Waals surface area contributed by atoms with Crippen molar-refractivity contribution in [3.05, 3.63) is 59.2 Å². The van der Waals surface area contributed by atoms with Crippen LogP contribution >= 0.6 is 0 Å². The number of benzene rings is 2. The Morgan fingerprint density at radius 3 is 2.64 bits per heavy atom. The predicted molar refractivity (Wildman–Crippen MR) is 89.3 cm³/mol. The van der Waals surface area contributed by atoms with Gasteiger partial charge in [-0.25, -0.2) is 0 Å². The molecule has 0 saturated carbocycles. The van der Waals surface area contributed by atoms with Crippen LogP contribution in [0.1, 0.15) is 23.6 Å². The van der Waals surface area contributed by atoms with Crippen LogP contribution in [0.15, 0.2) is 47.6 Å². The number of nitrogens with zero attached hydrogens (tertiary/aromatic N) is 2. The van der Waals surface area contributed by atoms with Crippen LogP contribution in [-0.2, 0) is 11.2 Å². The minimum atomic E-state index is 0.774. The van der Waals surface area contributed by atoms with Crippen molar-refractivity contribution in [2.24, 2.45) is 5.10 Å². The second-order valence-corrected chi connectivity index (χ2v) is 5.96. The maximum absolute atomic E-state index is 5.37. The second kappa shape index (κ2) is 5.58. The normalized spacial score (nSPS) is 17.3. The van der Waals surface area contributed by atoms with Gasteiger partial charge < -0.3 is 4.74 Å². The summed E-state index contributed by atoms with van der Waals surface area (Å²) in [5, 5.41) is 6.86. The van der Waals surface area contributed by atoms with E-state index in [0.717, 1.165) is 38.4 Å². The van der Waals surface area contributed by atoms with Crippen LogP contribution < -0.4 is 0 Å². The summed E-state index contributed by atoms with van der Waals surface area (Å²) in [7, 11) is 0. The molecular formula is C19H20N2O. The summed E-state index contributed by atoms with van der Waals surface area (Å²) >= 11 is 0. The number of rotatable bonds is 2. The Kier molecular flexibility index (Phi) is 3.43. The van der Waals surface area contributed by atoms with Gasteiger partial charge in [-0.2, -0.15) is 5.10 Å². The van der Waals surface area contributed by atoms with Gasteiger partial charge in [-0.1, -0.05) is 36.4 Å². The van der Waals surface area contributed by atoms with Gasteiger partial charge in [-0.05, 0) is 47.2 Å². The maximum atomic E-state index is 5.37. The lowest BCUT2D eigenvalue weighted by molar-refractivity contribution is 0.0393. The largest absolute Gasteiger partial charge is 0.378 e. The van der Waals surface area contributed by atoms with Gasteiger partial charge in [0.25, 0.3) is 0 Å². The van der Waals surface area contributed by atoms with Crippen molar-refractivity contribution in [2.75, 3.05) is 26.3 Å². The van der Waals surface area contributed by atoms with E-state index >= 15 is 0 Å². The first kappa shape index (κ1) is 13.5. The van der Waals surface area contributed by atoms with Gasteiger partial charge in [-0.15, -0.1) is 0 Å². The van der Waals surface area contributed by atoms with Crippen LogP contribution in [-0.4, -0.2) is 37.0 Å². The van der Waals surface area contributed by atoms with Crippen molar-refractivity contribution in [2.45, 2.75) is 13.3 Å². The molecule has 0 N–H and O–H groups in total. The monoisotopic (exact) mass is 292 g/mol. The molecule has 0 amide bonds. The molecule has 0 bridgehead atoms. The molecule has 22 heavy (non-hydrogen) atoms. The summed E-state index contributed by atoms with van der Waals surface area (Å²) in [6.45, 7) is 5.41. The van der Waals surface area contributed by atoms with Crippen molar-refractivity contribution in [1.82, 2.24) is 5.01 Å². The van der Waals surface area contributed by atoms with Gasteiger partial charge in [0.1, 0.15) is 0 Å². The molecule has 1 aliphatic heterocycles. The summed E-state index contributed by atoms with van der Waals surface area (Å²) in [4.78, 5) is 0. The quantitative estimate of drug-likeness (QED) is 0.677. The number of hydrazone groups is 1. The Bertz CT molecular complexity index is 730. The number of hydrogen-bond acceptors (Lipinski definition) is 3. The highest BCUT2D eigenvalue weighted by atomic mass is 16.5. The highest BCUT2D eigenvalue weighted by Crippen LogP contribution is 2.36. The van der Waals surface area contributed by atoms with Gasteiger partial charge in [0.15, 0.2) is 0 Å². The topological polar surface area (TPSA) is 24.8 Å². The molecule has 0 spiro atoms. The molecule has 0 unspecified atom stereocenters. The highest BCUT2D eigenvalue weighted by molar-refractivity contribution is 5.99. The molecule has 3 nitrogen and oxygen atoms in total. The van der Waals surface area contributed by atoms with E-state index in [2.05, 4.69) is 54.4 Å².